The molecule has 32 heavy (non-hydrogen) atoms. The second-order valence-electron chi connectivity index (χ2n) is 7.62. The molecule has 1 saturated heterocycles. The molecule has 2 aliphatic heterocycles. The summed E-state index contributed by atoms with van der Waals surface area (Å²) in [6.45, 7) is 4.47. The van der Waals surface area contributed by atoms with Gasteiger partial charge >= 0.3 is 5.97 Å². The summed E-state index contributed by atoms with van der Waals surface area (Å²) in [5, 5.41) is 3.29. The Balaban J connectivity index is 1.56. The monoisotopic (exact) mass is 458 g/mol. The van der Waals surface area contributed by atoms with E-state index < -0.39 is 23.8 Å². The van der Waals surface area contributed by atoms with Gasteiger partial charge in [0.05, 0.1) is 6.61 Å². The van der Waals surface area contributed by atoms with Crippen LogP contribution in [-0.2, 0) is 14.3 Å². The number of piperazine rings is 1. The molecule has 0 aromatic heterocycles. The number of guanidine groups is 1. The number of nitrogens with zero attached hydrogens (tertiary/aromatic N) is 3. The van der Waals surface area contributed by atoms with Gasteiger partial charge in [-0.05, 0) is 48.9 Å². The zero-order valence-corrected chi connectivity index (χ0v) is 18.4. The quantitative estimate of drug-likeness (QED) is 0.563. The average Bonchev–Trinajstić information content (AvgIpc) is 2.79. The van der Waals surface area contributed by atoms with Crippen LogP contribution in [0.15, 0.2) is 53.5 Å². The van der Waals surface area contributed by atoms with Gasteiger partial charge in [-0.2, -0.15) is 0 Å². The van der Waals surface area contributed by atoms with Gasteiger partial charge in [0.2, 0.25) is 11.9 Å². The second-order valence-corrected chi connectivity index (χ2v) is 8.06. The zero-order chi connectivity index (χ0) is 22.7. The van der Waals surface area contributed by atoms with Crippen LogP contribution in [0.1, 0.15) is 18.5 Å². The standard InChI is InChI=1S/C23H24ClFN4O3/c1-2-32-22(31)19-20(15-4-3-5-16(24)14-15)26-23(27-21(19)30)29-12-10-28(11-13-29)18-8-6-17(25)7-9-18/h3-9,14,19-20H,2,10-13H2,1H3,(H,26,27,30). The molecule has 0 spiro atoms. The van der Waals surface area contributed by atoms with E-state index in [0.717, 1.165) is 5.69 Å². The van der Waals surface area contributed by atoms with Gasteiger partial charge in [0.1, 0.15) is 11.9 Å². The van der Waals surface area contributed by atoms with Crippen LogP contribution >= 0.6 is 11.6 Å². The highest BCUT2D eigenvalue weighted by Gasteiger charge is 2.42. The number of halogens is 2. The summed E-state index contributed by atoms with van der Waals surface area (Å²) in [4.78, 5) is 34.4. The molecule has 168 valence electrons. The maximum atomic E-state index is 13.2. The molecular weight excluding hydrogens is 435 g/mol. The normalized spacial score (nSPS) is 21.1. The number of aliphatic imine (C=N–C) groups is 1. The highest BCUT2D eigenvalue weighted by molar-refractivity contribution is 6.30. The molecule has 0 radical (unpaired) electrons. The number of anilines is 1. The van der Waals surface area contributed by atoms with Crippen LogP contribution in [0.3, 0.4) is 0 Å². The van der Waals surface area contributed by atoms with Crippen LogP contribution in [-0.4, -0.2) is 55.5 Å². The Bertz CT molecular complexity index is 1020. The first kappa shape index (κ1) is 22.1. The summed E-state index contributed by atoms with van der Waals surface area (Å²) in [5.74, 6) is -1.98. The highest BCUT2D eigenvalue weighted by atomic mass is 35.5. The lowest BCUT2D eigenvalue weighted by molar-refractivity contribution is -0.153. The summed E-state index contributed by atoms with van der Waals surface area (Å²) in [5.41, 5.74) is 1.62. The Morgan fingerprint density at radius 2 is 1.84 bits per heavy atom. The third-order valence-corrected chi connectivity index (χ3v) is 5.83. The number of amides is 1. The van der Waals surface area contributed by atoms with Crippen molar-refractivity contribution in [3.05, 3.63) is 64.9 Å². The lowest BCUT2D eigenvalue weighted by Crippen LogP contribution is -2.57. The molecule has 9 heteroatoms. The fourth-order valence-corrected chi connectivity index (χ4v) is 4.18. The van der Waals surface area contributed by atoms with Crippen molar-refractivity contribution < 1.29 is 18.7 Å². The Morgan fingerprint density at radius 3 is 2.50 bits per heavy atom. The topological polar surface area (TPSA) is 74.2 Å². The van der Waals surface area contributed by atoms with Gasteiger partial charge in [-0.1, -0.05) is 23.7 Å². The first-order valence-electron chi connectivity index (χ1n) is 10.5. The molecule has 1 amide bonds. The lowest BCUT2D eigenvalue weighted by Gasteiger charge is -2.39. The number of carbonyl (C=O) groups excluding carboxylic acids is 2. The number of rotatable bonds is 4. The molecule has 0 aliphatic carbocycles. The summed E-state index contributed by atoms with van der Waals surface area (Å²) in [6.07, 6.45) is 0. The molecule has 1 N–H and O–H groups in total. The van der Waals surface area contributed by atoms with E-state index in [1.54, 1.807) is 43.3 Å². The van der Waals surface area contributed by atoms with Gasteiger partial charge in [-0.3, -0.25) is 14.9 Å². The minimum Gasteiger partial charge on any atom is -0.465 e. The number of carbonyl (C=O) groups is 2. The van der Waals surface area contributed by atoms with Crippen molar-refractivity contribution in [3.63, 3.8) is 0 Å². The summed E-state index contributed by atoms with van der Waals surface area (Å²) < 4.78 is 18.3. The number of benzene rings is 2. The average molecular weight is 459 g/mol. The molecule has 0 bridgehead atoms. The summed E-state index contributed by atoms with van der Waals surface area (Å²) >= 11 is 6.15. The molecule has 2 aliphatic rings. The van der Waals surface area contributed by atoms with Crippen LogP contribution in [0, 0.1) is 11.7 Å². The molecule has 1 fully saturated rings. The predicted octanol–water partition coefficient (Wildman–Crippen LogP) is 3.01. The van der Waals surface area contributed by atoms with E-state index >= 15 is 0 Å². The first-order valence-corrected chi connectivity index (χ1v) is 10.9. The van der Waals surface area contributed by atoms with Gasteiger partial charge in [0.25, 0.3) is 0 Å². The molecule has 0 saturated carbocycles. The van der Waals surface area contributed by atoms with Crippen molar-refractivity contribution in [2.45, 2.75) is 13.0 Å². The van der Waals surface area contributed by atoms with E-state index in [2.05, 4.69) is 10.2 Å². The van der Waals surface area contributed by atoms with Gasteiger partial charge in [0, 0.05) is 36.9 Å². The summed E-state index contributed by atoms with van der Waals surface area (Å²) in [7, 11) is 0. The summed E-state index contributed by atoms with van der Waals surface area (Å²) in [6, 6.07) is 12.7. The molecule has 2 aromatic carbocycles. The van der Waals surface area contributed by atoms with Crippen LogP contribution in [0.4, 0.5) is 10.1 Å². The van der Waals surface area contributed by atoms with E-state index in [4.69, 9.17) is 21.3 Å². The molecule has 4 rings (SSSR count). The number of esters is 1. The Morgan fingerprint density at radius 1 is 1.16 bits per heavy atom. The van der Waals surface area contributed by atoms with Crippen LogP contribution < -0.4 is 10.2 Å². The lowest BCUT2D eigenvalue weighted by atomic mass is 9.91. The first-order chi connectivity index (χ1) is 15.5. The van der Waals surface area contributed by atoms with Gasteiger partial charge in [-0.15, -0.1) is 0 Å². The fraction of sp³-hybridized carbons (Fsp3) is 0.348. The van der Waals surface area contributed by atoms with Crippen LogP contribution in [0.25, 0.3) is 0 Å². The van der Waals surface area contributed by atoms with E-state index in [9.17, 15) is 14.0 Å². The van der Waals surface area contributed by atoms with E-state index in [0.29, 0.717) is 42.7 Å². The van der Waals surface area contributed by atoms with Gasteiger partial charge < -0.3 is 14.5 Å². The molecule has 2 unspecified atom stereocenters. The van der Waals surface area contributed by atoms with E-state index in [1.807, 2.05) is 4.90 Å². The SMILES string of the molecule is CCOC(=O)C1C(=O)NC(N2CCN(c3ccc(F)cc3)CC2)=NC1c1cccc(Cl)c1. The third kappa shape index (κ3) is 4.70. The Kier molecular flexibility index (Phi) is 6.60. The van der Waals surface area contributed by atoms with Crippen molar-refractivity contribution in [2.24, 2.45) is 10.9 Å². The van der Waals surface area contributed by atoms with Crippen molar-refractivity contribution in [3.8, 4) is 0 Å². The van der Waals surface area contributed by atoms with Gasteiger partial charge in [0.15, 0.2) is 5.92 Å². The number of nitrogens with one attached hydrogen (secondary N) is 1. The maximum Gasteiger partial charge on any atom is 0.321 e. The fourth-order valence-electron chi connectivity index (χ4n) is 3.98. The number of ether oxygens (including phenoxy) is 1. The Hall–Kier alpha value is -3.13. The minimum absolute atomic E-state index is 0.173. The minimum atomic E-state index is -1.09. The van der Waals surface area contributed by atoms with Crippen LogP contribution in [0.5, 0.6) is 0 Å². The molecular formula is C23H24ClFN4O3. The van der Waals surface area contributed by atoms with E-state index in [-0.39, 0.29) is 12.4 Å². The molecule has 2 atom stereocenters. The number of hydrogen-bond donors (Lipinski definition) is 1. The van der Waals surface area contributed by atoms with Crippen molar-refractivity contribution >= 4 is 35.1 Å². The molecule has 2 aromatic rings. The second kappa shape index (κ2) is 9.56. The Labute approximate surface area is 190 Å². The number of hydrogen-bond acceptors (Lipinski definition) is 6. The third-order valence-electron chi connectivity index (χ3n) is 5.60. The zero-order valence-electron chi connectivity index (χ0n) is 17.6. The largest absolute Gasteiger partial charge is 0.465 e. The smallest absolute Gasteiger partial charge is 0.321 e. The van der Waals surface area contributed by atoms with E-state index in [1.165, 1.54) is 12.1 Å². The van der Waals surface area contributed by atoms with Gasteiger partial charge in [-0.25, -0.2) is 9.38 Å². The van der Waals surface area contributed by atoms with Crippen molar-refractivity contribution in [2.75, 3.05) is 37.7 Å². The predicted molar refractivity (Wildman–Crippen MR) is 120 cm³/mol. The molecule has 2 heterocycles. The van der Waals surface area contributed by atoms with Crippen molar-refractivity contribution in [1.82, 2.24) is 10.2 Å². The van der Waals surface area contributed by atoms with Crippen molar-refractivity contribution in [1.29, 1.82) is 0 Å². The maximum absolute atomic E-state index is 13.2. The highest BCUT2D eigenvalue weighted by Crippen LogP contribution is 2.32. The van der Waals surface area contributed by atoms with Crippen LogP contribution in [0.2, 0.25) is 5.02 Å². The molecule has 7 nitrogen and oxygen atoms in total.